The highest BCUT2D eigenvalue weighted by atomic mass is 16.2. The summed E-state index contributed by atoms with van der Waals surface area (Å²) in [5, 5.41) is 0.995. The van der Waals surface area contributed by atoms with E-state index < -0.39 is 0 Å². The number of guanidine groups is 1. The third kappa shape index (κ3) is 4.83. The topological polar surface area (TPSA) is 120 Å². The maximum absolute atomic E-state index is 14.2. The first-order valence-electron chi connectivity index (χ1n) is 13.2. The van der Waals surface area contributed by atoms with Crippen LogP contribution in [0.25, 0.3) is 10.9 Å². The number of aryl methyl sites for hydroxylation is 1. The number of hydrogen-bond donors (Lipinski definition) is 2. The fraction of sp³-hybridized carbons (Fsp3) is 0.429. The Morgan fingerprint density at radius 1 is 1.24 bits per heavy atom. The Morgan fingerprint density at radius 3 is 2.79 bits per heavy atom. The van der Waals surface area contributed by atoms with Crippen LogP contribution in [0.3, 0.4) is 0 Å². The van der Waals surface area contributed by atoms with E-state index in [0.29, 0.717) is 49.5 Å². The molecule has 2 aromatic rings. The number of aliphatic imine (C=N–C) groups is 1. The van der Waals surface area contributed by atoms with Gasteiger partial charge in [0, 0.05) is 43.3 Å². The number of carbonyl (C=O) groups is 1. The normalized spacial score (nSPS) is 19.6. The molecule has 1 aromatic heterocycles. The molecule has 38 heavy (non-hydrogen) atoms. The Hall–Kier alpha value is -3.92. The Labute approximate surface area is 224 Å². The van der Waals surface area contributed by atoms with Crippen molar-refractivity contribution in [3.05, 3.63) is 71.4 Å². The first kappa shape index (κ1) is 25.7. The van der Waals surface area contributed by atoms with E-state index in [0.717, 1.165) is 47.4 Å². The van der Waals surface area contributed by atoms with Gasteiger partial charge in [-0.15, -0.1) is 0 Å². The largest absolute Gasteiger partial charge is 0.383 e. The minimum atomic E-state index is -0.238. The third-order valence-electron chi connectivity index (χ3n) is 7.27. The molecule has 0 unspecified atom stereocenters. The molecular formula is C28H37N9O. The molecule has 3 aliphatic heterocycles. The lowest BCUT2D eigenvalue weighted by atomic mass is 10.1. The highest BCUT2D eigenvalue weighted by molar-refractivity contribution is 6.09. The lowest BCUT2D eigenvalue weighted by molar-refractivity contribution is -0.126. The van der Waals surface area contributed by atoms with Crippen LogP contribution in [-0.2, 0) is 11.3 Å². The summed E-state index contributed by atoms with van der Waals surface area (Å²) in [6.07, 6.45) is 4.04. The Balaban J connectivity index is 1.53. The monoisotopic (exact) mass is 515 g/mol. The molecule has 10 nitrogen and oxygen atoms in total. The molecule has 4 heterocycles. The van der Waals surface area contributed by atoms with Gasteiger partial charge in [-0.05, 0) is 39.7 Å². The number of amides is 1. The molecule has 200 valence electrons. The van der Waals surface area contributed by atoms with Gasteiger partial charge in [0.15, 0.2) is 5.70 Å². The van der Waals surface area contributed by atoms with Crippen molar-refractivity contribution < 1.29 is 4.79 Å². The molecule has 4 N–H and O–H groups in total. The molecular weight excluding hydrogens is 478 g/mol. The smallest absolute Gasteiger partial charge is 0.281 e. The molecule has 1 atom stereocenters. The number of nitrogens with two attached hydrogens (primary N) is 2. The average Bonchev–Trinajstić information content (AvgIpc) is 3.38. The molecule has 0 aliphatic carbocycles. The standard InChI is InChI=1S/C28H37N9O/c1-18(2)11-14-35(20(4)34-13-7-8-21(29)16-34)25-26(30)36-15-12-31-28(36)37(27(25)38)17-24-32-19(3)22-9-5-6-10-23(22)33-24/h5-6,9-11,21H,4,7-8,12-17,29-30H2,1-3H3/t21-/m1/s1. The summed E-state index contributed by atoms with van der Waals surface area (Å²) in [4.78, 5) is 36.0. The van der Waals surface area contributed by atoms with E-state index >= 15 is 0 Å². The number of allylic oxidation sites excluding steroid dienone is 1. The predicted molar refractivity (Wildman–Crippen MR) is 149 cm³/mol. The minimum absolute atomic E-state index is 0.0706. The van der Waals surface area contributed by atoms with E-state index in [1.807, 2.05) is 54.8 Å². The number of fused-ring (bicyclic) bond motifs is 2. The van der Waals surface area contributed by atoms with Crippen LogP contribution in [0.5, 0.6) is 0 Å². The number of benzene rings is 1. The Bertz CT molecular complexity index is 1360. The van der Waals surface area contributed by atoms with Crippen LogP contribution >= 0.6 is 0 Å². The fourth-order valence-corrected chi connectivity index (χ4v) is 5.27. The van der Waals surface area contributed by atoms with Crippen LogP contribution in [0, 0.1) is 6.92 Å². The molecule has 0 radical (unpaired) electrons. The maximum Gasteiger partial charge on any atom is 0.281 e. The number of carbonyl (C=O) groups excluding carboxylic acids is 1. The molecule has 1 amide bonds. The molecule has 0 bridgehead atoms. The molecule has 5 rings (SSSR count). The van der Waals surface area contributed by atoms with Gasteiger partial charge in [0.05, 0.1) is 18.6 Å². The molecule has 0 saturated carbocycles. The van der Waals surface area contributed by atoms with Crippen LogP contribution in [-0.4, -0.2) is 80.2 Å². The van der Waals surface area contributed by atoms with Crippen LogP contribution in [0.15, 0.2) is 64.8 Å². The zero-order chi connectivity index (χ0) is 27.0. The van der Waals surface area contributed by atoms with Crippen LogP contribution in [0.4, 0.5) is 0 Å². The van der Waals surface area contributed by atoms with E-state index in [1.165, 1.54) is 0 Å². The molecule has 10 heteroatoms. The zero-order valence-corrected chi connectivity index (χ0v) is 22.5. The molecule has 1 aromatic carbocycles. The van der Waals surface area contributed by atoms with Crippen molar-refractivity contribution >= 4 is 22.8 Å². The predicted octanol–water partition coefficient (Wildman–Crippen LogP) is 2.24. The second-order valence-corrected chi connectivity index (χ2v) is 10.4. The fourth-order valence-electron chi connectivity index (χ4n) is 5.27. The van der Waals surface area contributed by atoms with Crippen molar-refractivity contribution in [3.63, 3.8) is 0 Å². The number of rotatable bonds is 7. The molecule has 0 spiro atoms. The van der Waals surface area contributed by atoms with Crippen molar-refractivity contribution in [1.82, 2.24) is 29.6 Å². The number of para-hydroxylation sites is 1. The van der Waals surface area contributed by atoms with Gasteiger partial charge in [0.1, 0.15) is 17.5 Å². The summed E-state index contributed by atoms with van der Waals surface area (Å²) in [5.74, 6) is 1.97. The van der Waals surface area contributed by atoms with Crippen molar-refractivity contribution in [2.24, 2.45) is 16.5 Å². The summed E-state index contributed by atoms with van der Waals surface area (Å²) in [6, 6.07) is 7.96. The van der Waals surface area contributed by atoms with Gasteiger partial charge in [-0.2, -0.15) is 0 Å². The lowest BCUT2D eigenvalue weighted by Crippen LogP contribution is -2.56. The number of hydrogen-bond acceptors (Lipinski definition) is 9. The maximum atomic E-state index is 14.2. The first-order valence-corrected chi connectivity index (χ1v) is 13.2. The summed E-state index contributed by atoms with van der Waals surface area (Å²) in [5.41, 5.74) is 16.2. The number of nitrogens with zero attached hydrogens (tertiary/aromatic N) is 7. The molecule has 3 aliphatic rings. The summed E-state index contributed by atoms with van der Waals surface area (Å²) in [6.45, 7) is 13.8. The van der Waals surface area contributed by atoms with Crippen LogP contribution in [0.2, 0.25) is 0 Å². The average molecular weight is 516 g/mol. The van der Waals surface area contributed by atoms with Crippen LogP contribution < -0.4 is 11.5 Å². The summed E-state index contributed by atoms with van der Waals surface area (Å²) in [7, 11) is 0. The molecule has 1 fully saturated rings. The van der Waals surface area contributed by atoms with Gasteiger partial charge in [0.25, 0.3) is 5.91 Å². The van der Waals surface area contributed by atoms with Gasteiger partial charge < -0.3 is 21.3 Å². The number of piperidine rings is 1. The van der Waals surface area contributed by atoms with Crippen molar-refractivity contribution in [2.75, 3.05) is 32.7 Å². The number of aromatic nitrogens is 2. The minimum Gasteiger partial charge on any atom is -0.383 e. The number of likely N-dealkylation sites (tertiary alicyclic amines) is 1. The van der Waals surface area contributed by atoms with Crippen molar-refractivity contribution in [3.8, 4) is 0 Å². The molecule has 1 saturated heterocycles. The quantitative estimate of drug-likeness (QED) is 0.539. The Kier molecular flexibility index (Phi) is 7.07. The van der Waals surface area contributed by atoms with Gasteiger partial charge >= 0.3 is 0 Å². The van der Waals surface area contributed by atoms with E-state index in [2.05, 4.69) is 22.5 Å². The van der Waals surface area contributed by atoms with E-state index in [-0.39, 0.29) is 18.5 Å². The van der Waals surface area contributed by atoms with Gasteiger partial charge in [0.2, 0.25) is 5.96 Å². The van der Waals surface area contributed by atoms with Crippen molar-refractivity contribution in [2.45, 2.75) is 46.2 Å². The van der Waals surface area contributed by atoms with Crippen molar-refractivity contribution in [1.29, 1.82) is 0 Å². The second kappa shape index (κ2) is 10.4. The third-order valence-corrected chi connectivity index (χ3v) is 7.27. The van der Waals surface area contributed by atoms with E-state index in [9.17, 15) is 4.79 Å². The highest BCUT2D eigenvalue weighted by Crippen LogP contribution is 2.30. The van der Waals surface area contributed by atoms with Gasteiger partial charge in [-0.25, -0.2) is 9.97 Å². The van der Waals surface area contributed by atoms with Gasteiger partial charge in [-0.1, -0.05) is 36.4 Å². The first-order chi connectivity index (χ1) is 18.2. The van der Waals surface area contributed by atoms with E-state index in [1.54, 1.807) is 4.90 Å². The SMILES string of the molecule is C=C(N1CCC[C@@H](N)C1)N(CC=C(C)C)C1=C(N)N2CCN=C2N(Cc2nc(C)c3ccccc3n2)C1=O. The lowest BCUT2D eigenvalue weighted by Gasteiger charge is -2.43. The highest BCUT2D eigenvalue weighted by Gasteiger charge is 2.42. The van der Waals surface area contributed by atoms with E-state index in [4.69, 9.17) is 21.4 Å². The summed E-state index contributed by atoms with van der Waals surface area (Å²) < 4.78 is 0. The van der Waals surface area contributed by atoms with Crippen LogP contribution in [0.1, 0.15) is 38.2 Å². The second-order valence-electron chi connectivity index (χ2n) is 10.4. The summed E-state index contributed by atoms with van der Waals surface area (Å²) >= 11 is 0. The van der Waals surface area contributed by atoms with Gasteiger partial charge in [-0.3, -0.25) is 19.6 Å². The Morgan fingerprint density at radius 2 is 2.03 bits per heavy atom. The zero-order valence-electron chi connectivity index (χ0n) is 22.5.